The number of aliphatic carboxylic acids is 1. The summed E-state index contributed by atoms with van der Waals surface area (Å²) in [4.78, 5) is 10.5. The molecule has 0 aliphatic carbocycles. The Morgan fingerprint density at radius 2 is 2.33 bits per heavy atom. The highest BCUT2D eigenvalue weighted by molar-refractivity contribution is 14.1. The van der Waals surface area contributed by atoms with Gasteiger partial charge in [-0.25, -0.2) is 0 Å². The maximum atomic E-state index is 10.5. The molecule has 1 unspecified atom stereocenters. The van der Waals surface area contributed by atoms with E-state index in [0.29, 0.717) is 3.92 Å². The number of halogens is 1. The molecule has 82 valence electrons. The van der Waals surface area contributed by atoms with E-state index in [4.69, 9.17) is 5.11 Å². The SMILES string of the molecule is CC(I)CNc1cccc(CC(=O)O)c1. The van der Waals surface area contributed by atoms with Gasteiger partial charge >= 0.3 is 5.97 Å². The summed E-state index contributed by atoms with van der Waals surface area (Å²) in [7, 11) is 0. The Balaban J connectivity index is 2.61. The van der Waals surface area contributed by atoms with Gasteiger partial charge in [0.2, 0.25) is 0 Å². The molecule has 15 heavy (non-hydrogen) atoms. The molecule has 0 aliphatic heterocycles. The van der Waals surface area contributed by atoms with E-state index in [0.717, 1.165) is 17.8 Å². The first-order valence-corrected chi connectivity index (χ1v) is 6.01. The van der Waals surface area contributed by atoms with Crippen LogP contribution in [0, 0.1) is 0 Å². The molecule has 4 heteroatoms. The fourth-order valence-electron chi connectivity index (χ4n) is 1.22. The molecule has 0 radical (unpaired) electrons. The molecule has 1 aromatic rings. The van der Waals surface area contributed by atoms with Crippen LogP contribution in [-0.4, -0.2) is 21.5 Å². The Morgan fingerprint density at radius 3 is 2.93 bits per heavy atom. The summed E-state index contributed by atoms with van der Waals surface area (Å²) in [6.07, 6.45) is 0.0787. The largest absolute Gasteiger partial charge is 0.481 e. The molecular formula is C11H14INO2. The highest BCUT2D eigenvalue weighted by Crippen LogP contribution is 2.12. The average Bonchev–Trinajstić information content (AvgIpc) is 2.14. The second-order valence-electron chi connectivity index (χ2n) is 3.43. The van der Waals surface area contributed by atoms with Gasteiger partial charge in [-0.3, -0.25) is 4.79 Å². The number of hydrogen-bond acceptors (Lipinski definition) is 2. The predicted molar refractivity (Wildman–Crippen MR) is 69.8 cm³/mol. The van der Waals surface area contributed by atoms with Gasteiger partial charge in [-0.1, -0.05) is 41.6 Å². The van der Waals surface area contributed by atoms with Gasteiger partial charge in [-0.2, -0.15) is 0 Å². The van der Waals surface area contributed by atoms with Crippen LogP contribution >= 0.6 is 22.6 Å². The number of rotatable bonds is 5. The topological polar surface area (TPSA) is 49.3 Å². The predicted octanol–water partition coefficient (Wildman–Crippen LogP) is 2.55. The van der Waals surface area contributed by atoms with E-state index in [1.54, 1.807) is 0 Å². The van der Waals surface area contributed by atoms with E-state index < -0.39 is 5.97 Å². The minimum absolute atomic E-state index is 0.0787. The van der Waals surface area contributed by atoms with E-state index in [-0.39, 0.29) is 6.42 Å². The fraction of sp³-hybridized carbons (Fsp3) is 0.364. The van der Waals surface area contributed by atoms with Crippen LogP contribution in [-0.2, 0) is 11.2 Å². The van der Waals surface area contributed by atoms with Gasteiger partial charge in [0.15, 0.2) is 0 Å². The molecule has 0 aromatic heterocycles. The van der Waals surface area contributed by atoms with Gasteiger partial charge in [-0.15, -0.1) is 0 Å². The number of hydrogen-bond donors (Lipinski definition) is 2. The lowest BCUT2D eigenvalue weighted by Crippen LogP contribution is -2.10. The summed E-state index contributed by atoms with van der Waals surface area (Å²) < 4.78 is 0.547. The van der Waals surface area contributed by atoms with Crippen molar-refractivity contribution in [2.24, 2.45) is 0 Å². The molecular weight excluding hydrogens is 305 g/mol. The van der Waals surface area contributed by atoms with Crippen LogP contribution in [0.25, 0.3) is 0 Å². The standard InChI is InChI=1S/C11H14INO2/c1-8(12)7-13-10-4-2-3-9(5-10)6-11(14)15/h2-5,8,13H,6-7H2,1H3,(H,14,15). The Hall–Kier alpha value is -0.780. The fourth-order valence-corrected chi connectivity index (χ4v) is 1.44. The molecule has 1 rings (SSSR count). The number of anilines is 1. The summed E-state index contributed by atoms with van der Waals surface area (Å²) in [6, 6.07) is 7.53. The number of carboxylic acid groups (broad SMARTS) is 1. The van der Waals surface area contributed by atoms with Gasteiger partial charge in [0.05, 0.1) is 6.42 Å². The number of carboxylic acids is 1. The average molecular weight is 319 g/mol. The van der Waals surface area contributed by atoms with Crippen molar-refractivity contribution in [3.05, 3.63) is 29.8 Å². The first-order valence-electron chi connectivity index (χ1n) is 4.76. The van der Waals surface area contributed by atoms with Crippen LogP contribution in [0.15, 0.2) is 24.3 Å². The highest BCUT2D eigenvalue weighted by Gasteiger charge is 2.01. The third kappa shape index (κ3) is 5.01. The van der Waals surface area contributed by atoms with Gasteiger partial charge in [0, 0.05) is 16.2 Å². The molecule has 3 nitrogen and oxygen atoms in total. The maximum absolute atomic E-state index is 10.5. The van der Waals surface area contributed by atoms with Crippen molar-refractivity contribution < 1.29 is 9.90 Å². The Bertz CT molecular complexity index is 339. The minimum atomic E-state index is -0.797. The zero-order valence-electron chi connectivity index (χ0n) is 8.53. The maximum Gasteiger partial charge on any atom is 0.307 e. The molecule has 0 aliphatic rings. The van der Waals surface area contributed by atoms with E-state index in [1.165, 1.54) is 0 Å². The van der Waals surface area contributed by atoms with Gasteiger partial charge in [0.25, 0.3) is 0 Å². The minimum Gasteiger partial charge on any atom is -0.481 e. The zero-order chi connectivity index (χ0) is 11.3. The second-order valence-corrected chi connectivity index (χ2v) is 5.56. The van der Waals surface area contributed by atoms with E-state index in [9.17, 15) is 4.79 Å². The summed E-state index contributed by atoms with van der Waals surface area (Å²) in [5.74, 6) is -0.797. The molecule has 1 aromatic carbocycles. The molecule has 0 bridgehead atoms. The zero-order valence-corrected chi connectivity index (χ0v) is 10.7. The van der Waals surface area contributed by atoms with Gasteiger partial charge in [0.1, 0.15) is 0 Å². The van der Waals surface area contributed by atoms with Crippen molar-refractivity contribution >= 4 is 34.2 Å². The Morgan fingerprint density at radius 1 is 1.60 bits per heavy atom. The van der Waals surface area contributed by atoms with E-state index in [2.05, 4.69) is 34.8 Å². The Labute approximate surface area is 103 Å². The van der Waals surface area contributed by atoms with E-state index >= 15 is 0 Å². The molecule has 0 amide bonds. The summed E-state index contributed by atoms with van der Waals surface area (Å²) in [5.41, 5.74) is 1.81. The van der Waals surface area contributed by atoms with Gasteiger partial charge in [-0.05, 0) is 17.7 Å². The van der Waals surface area contributed by atoms with Crippen LogP contribution in [0.2, 0.25) is 0 Å². The molecule has 2 N–H and O–H groups in total. The summed E-state index contributed by atoms with van der Waals surface area (Å²) in [6.45, 7) is 3.01. The summed E-state index contributed by atoms with van der Waals surface area (Å²) >= 11 is 2.34. The number of nitrogens with one attached hydrogen (secondary N) is 1. The quantitative estimate of drug-likeness (QED) is 0.648. The lowest BCUT2D eigenvalue weighted by molar-refractivity contribution is -0.136. The van der Waals surface area contributed by atoms with Crippen molar-refractivity contribution in [2.75, 3.05) is 11.9 Å². The molecule has 0 saturated carbocycles. The molecule has 0 saturated heterocycles. The molecule has 1 atom stereocenters. The van der Waals surface area contributed by atoms with Crippen LogP contribution in [0.4, 0.5) is 5.69 Å². The van der Waals surface area contributed by atoms with Crippen molar-refractivity contribution in [2.45, 2.75) is 17.3 Å². The van der Waals surface area contributed by atoms with Crippen LogP contribution in [0.5, 0.6) is 0 Å². The normalized spacial score (nSPS) is 12.1. The lowest BCUT2D eigenvalue weighted by atomic mass is 10.1. The summed E-state index contributed by atoms with van der Waals surface area (Å²) in [5, 5.41) is 11.9. The van der Waals surface area contributed by atoms with Crippen LogP contribution in [0.3, 0.4) is 0 Å². The van der Waals surface area contributed by atoms with Crippen molar-refractivity contribution in [1.82, 2.24) is 0 Å². The van der Waals surface area contributed by atoms with Crippen molar-refractivity contribution in [1.29, 1.82) is 0 Å². The molecule has 0 heterocycles. The number of carbonyl (C=O) groups is 1. The first kappa shape index (κ1) is 12.3. The second kappa shape index (κ2) is 5.95. The Kier molecular flexibility index (Phi) is 4.87. The lowest BCUT2D eigenvalue weighted by Gasteiger charge is -2.08. The van der Waals surface area contributed by atoms with Crippen molar-refractivity contribution in [3.8, 4) is 0 Å². The van der Waals surface area contributed by atoms with Crippen molar-refractivity contribution in [3.63, 3.8) is 0 Å². The third-order valence-electron chi connectivity index (χ3n) is 1.87. The highest BCUT2D eigenvalue weighted by atomic mass is 127. The van der Waals surface area contributed by atoms with Crippen LogP contribution in [0.1, 0.15) is 12.5 Å². The molecule has 0 fully saturated rings. The molecule has 0 spiro atoms. The van der Waals surface area contributed by atoms with E-state index in [1.807, 2.05) is 24.3 Å². The third-order valence-corrected chi connectivity index (χ3v) is 2.31. The first-order chi connectivity index (χ1) is 7.08. The number of alkyl halides is 1. The van der Waals surface area contributed by atoms with Crippen LogP contribution < -0.4 is 5.32 Å². The van der Waals surface area contributed by atoms with Gasteiger partial charge < -0.3 is 10.4 Å². The number of benzene rings is 1. The monoisotopic (exact) mass is 319 g/mol. The smallest absolute Gasteiger partial charge is 0.307 e.